The number of aliphatic imine (C=N–C) groups is 1. The number of carbonyl (C=O) groups excluding carboxylic acids is 6. The molecule has 338 valence electrons. The minimum atomic E-state index is -1.47. The Balaban J connectivity index is 1.42. The number of nitrogens with two attached hydrogens (primary N) is 3. The van der Waals surface area contributed by atoms with E-state index >= 15 is 0 Å². The number of carboxylic acids is 1. The number of carbonyl (C=O) groups is 7. The van der Waals surface area contributed by atoms with E-state index in [1.165, 1.54) is 0 Å². The average Bonchev–Trinajstić information content (AvgIpc) is 3.28. The van der Waals surface area contributed by atoms with Crippen LogP contribution in [0.4, 0.5) is 0 Å². The Morgan fingerprint density at radius 1 is 0.672 bits per heavy atom. The topological polar surface area (TPSA) is 290 Å². The van der Waals surface area contributed by atoms with Crippen LogP contribution >= 0.6 is 0 Å². The van der Waals surface area contributed by atoms with Crippen LogP contribution in [-0.2, 0) is 46.4 Å². The fourth-order valence-corrected chi connectivity index (χ4v) is 7.91. The van der Waals surface area contributed by atoms with E-state index in [4.69, 9.17) is 17.2 Å². The molecular formula is C47H57N9O8. The summed E-state index contributed by atoms with van der Waals surface area (Å²) in [5.74, 6) is -5.41. The number of nitrogens with one attached hydrogen (secondary N) is 5. The van der Waals surface area contributed by atoms with Crippen molar-refractivity contribution in [1.82, 2.24) is 26.6 Å². The maximum atomic E-state index is 14.6. The number of rotatable bonds is 22. The predicted octanol–water partition coefficient (Wildman–Crippen LogP) is 1.81. The molecule has 4 aromatic rings. The van der Waals surface area contributed by atoms with Gasteiger partial charge in [-0.1, -0.05) is 103 Å². The van der Waals surface area contributed by atoms with E-state index in [1.807, 2.05) is 72.8 Å². The second-order valence-corrected chi connectivity index (χ2v) is 16.1. The number of benzene rings is 4. The van der Waals surface area contributed by atoms with Gasteiger partial charge in [-0.2, -0.15) is 0 Å². The molecule has 1 aliphatic rings. The quantitative estimate of drug-likeness (QED) is 0.0314. The molecule has 0 saturated heterocycles. The van der Waals surface area contributed by atoms with Crippen LogP contribution < -0.4 is 43.8 Å². The lowest BCUT2D eigenvalue weighted by Gasteiger charge is -2.40. The Morgan fingerprint density at radius 3 is 1.92 bits per heavy atom. The first kappa shape index (κ1) is 47.7. The molecule has 1 fully saturated rings. The molecule has 1 saturated carbocycles. The largest absolute Gasteiger partial charge is 0.481 e. The lowest BCUT2D eigenvalue weighted by molar-refractivity contribution is -0.140. The number of hydrogen-bond acceptors (Lipinski definition) is 8. The molecule has 0 heterocycles. The van der Waals surface area contributed by atoms with E-state index in [9.17, 15) is 38.7 Å². The van der Waals surface area contributed by atoms with Gasteiger partial charge in [0.25, 0.3) is 0 Å². The van der Waals surface area contributed by atoms with E-state index in [0.717, 1.165) is 16.3 Å². The van der Waals surface area contributed by atoms with E-state index in [1.54, 1.807) is 30.3 Å². The Kier molecular flexibility index (Phi) is 17.3. The third-order valence-corrected chi connectivity index (χ3v) is 11.3. The number of amides is 6. The monoisotopic (exact) mass is 875 g/mol. The van der Waals surface area contributed by atoms with Crippen molar-refractivity contribution in [2.24, 2.45) is 22.2 Å². The van der Waals surface area contributed by atoms with Crippen molar-refractivity contribution < 1.29 is 38.7 Å². The summed E-state index contributed by atoms with van der Waals surface area (Å²) in [6, 6.07) is 28.2. The van der Waals surface area contributed by atoms with Crippen LogP contribution in [0.5, 0.6) is 0 Å². The molecule has 17 heteroatoms. The van der Waals surface area contributed by atoms with E-state index in [2.05, 4.69) is 31.6 Å². The van der Waals surface area contributed by atoms with Gasteiger partial charge >= 0.3 is 5.97 Å². The first-order valence-corrected chi connectivity index (χ1v) is 21.3. The lowest BCUT2D eigenvalue weighted by Crippen LogP contribution is -2.64. The van der Waals surface area contributed by atoms with Gasteiger partial charge < -0.3 is 48.9 Å². The molecule has 0 radical (unpaired) electrons. The van der Waals surface area contributed by atoms with Crippen molar-refractivity contribution in [3.8, 4) is 0 Å². The summed E-state index contributed by atoms with van der Waals surface area (Å²) in [5.41, 5.74) is 17.4. The second kappa shape index (κ2) is 23.2. The van der Waals surface area contributed by atoms with Crippen molar-refractivity contribution in [2.45, 2.75) is 93.8 Å². The highest BCUT2D eigenvalue weighted by molar-refractivity contribution is 5.98. The van der Waals surface area contributed by atoms with Gasteiger partial charge in [0.05, 0.1) is 13.0 Å². The fourth-order valence-electron chi connectivity index (χ4n) is 7.91. The standard InChI is InChI=1S/C47H57N9O8/c48-39(57)29-52-42(61)37(28-31-17-18-33-14-7-8-15-35(33)26-31)54-43(62)36(16-9-25-51-46(49)50)53-44(63)38(27-30-10-3-1-4-11-30)55-45(64)47(56-40(58)19-20-41(59)60)23-21-34(22-24-47)32-12-5-2-6-13-32/h1-8,10-15,17-18,26,34,36-38H,9,16,19-25,27-29H2,(H2,48,57)(H,52,61)(H,53,63)(H,54,62)(H,55,64)(H,56,58)(H,59,60)(H4,49,50,51). The number of guanidine groups is 1. The maximum absolute atomic E-state index is 14.6. The van der Waals surface area contributed by atoms with Crippen LogP contribution in [0.25, 0.3) is 10.8 Å². The van der Waals surface area contributed by atoms with Crippen molar-refractivity contribution in [2.75, 3.05) is 13.1 Å². The first-order chi connectivity index (χ1) is 30.7. The van der Waals surface area contributed by atoms with Crippen LogP contribution in [0, 0.1) is 0 Å². The van der Waals surface area contributed by atoms with Gasteiger partial charge in [-0.05, 0) is 71.9 Å². The number of primary amides is 1. The van der Waals surface area contributed by atoms with E-state index in [0.29, 0.717) is 24.0 Å². The molecule has 3 atom stereocenters. The highest BCUT2D eigenvalue weighted by atomic mass is 16.4. The van der Waals surface area contributed by atoms with Gasteiger partial charge in [0.1, 0.15) is 23.7 Å². The van der Waals surface area contributed by atoms with E-state index < -0.39 is 78.0 Å². The smallest absolute Gasteiger partial charge is 0.303 e. The van der Waals surface area contributed by atoms with Gasteiger partial charge in [-0.25, -0.2) is 0 Å². The average molecular weight is 876 g/mol. The molecule has 0 spiro atoms. The molecule has 64 heavy (non-hydrogen) atoms. The normalized spacial score (nSPS) is 17.1. The zero-order valence-electron chi connectivity index (χ0n) is 35.6. The summed E-state index contributed by atoms with van der Waals surface area (Å²) < 4.78 is 0. The van der Waals surface area contributed by atoms with Crippen molar-refractivity contribution >= 4 is 58.1 Å². The Hall–Kier alpha value is -7.30. The molecule has 4 aromatic carbocycles. The molecule has 0 aliphatic heterocycles. The number of carboxylic acid groups (broad SMARTS) is 1. The van der Waals surface area contributed by atoms with Crippen LogP contribution in [0.2, 0.25) is 0 Å². The summed E-state index contributed by atoms with van der Waals surface area (Å²) >= 11 is 0. The summed E-state index contributed by atoms with van der Waals surface area (Å²) in [7, 11) is 0. The SMILES string of the molecule is NC(=O)CNC(=O)C(Cc1ccc2ccccc2c1)NC(=O)C(CCCN=C(N)N)NC(=O)C(Cc1ccccc1)NC(=O)C1(NC(=O)CCC(=O)O)CCC(c2ccccc2)CC1. The molecular weight excluding hydrogens is 819 g/mol. The zero-order chi connectivity index (χ0) is 46.1. The molecule has 6 amide bonds. The Bertz CT molecular complexity index is 2300. The highest BCUT2D eigenvalue weighted by Gasteiger charge is 2.45. The van der Waals surface area contributed by atoms with E-state index in [-0.39, 0.29) is 63.4 Å². The number of fused-ring (bicyclic) bond motifs is 1. The lowest BCUT2D eigenvalue weighted by atomic mass is 9.73. The summed E-state index contributed by atoms with van der Waals surface area (Å²) in [6.07, 6.45) is 0.947. The van der Waals surface area contributed by atoms with Gasteiger partial charge in [0.2, 0.25) is 35.4 Å². The minimum absolute atomic E-state index is 0.00343. The van der Waals surface area contributed by atoms with Crippen molar-refractivity contribution in [3.63, 3.8) is 0 Å². The van der Waals surface area contributed by atoms with Gasteiger partial charge in [0.15, 0.2) is 5.96 Å². The third kappa shape index (κ3) is 14.4. The van der Waals surface area contributed by atoms with Crippen LogP contribution in [0.1, 0.15) is 74.0 Å². The summed E-state index contributed by atoms with van der Waals surface area (Å²) in [5, 5.41) is 24.9. The van der Waals surface area contributed by atoms with Gasteiger partial charge in [-0.3, -0.25) is 38.6 Å². The van der Waals surface area contributed by atoms with Gasteiger partial charge in [-0.15, -0.1) is 0 Å². The summed E-state index contributed by atoms with van der Waals surface area (Å²) in [6.45, 7) is -0.364. The maximum Gasteiger partial charge on any atom is 0.303 e. The van der Waals surface area contributed by atoms with Crippen LogP contribution in [0.3, 0.4) is 0 Å². The van der Waals surface area contributed by atoms with Crippen molar-refractivity contribution in [1.29, 1.82) is 0 Å². The van der Waals surface area contributed by atoms with Crippen LogP contribution in [-0.4, -0.2) is 89.2 Å². The number of nitrogens with zero attached hydrogens (tertiary/aromatic N) is 1. The molecule has 0 bridgehead atoms. The minimum Gasteiger partial charge on any atom is -0.481 e. The molecule has 5 rings (SSSR count). The molecule has 12 N–H and O–H groups in total. The first-order valence-electron chi connectivity index (χ1n) is 21.3. The number of hydrogen-bond donors (Lipinski definition) is 9. The molecule has 1 aliphatic carbocycles. The highest BCUT2D eigenvalue weighted by Crippen LogP contribution is 2.38. The summed E-state index contributed by atoms with van der Waals surface area (Å²) in [4.78, 5) is 97.1. The molecule has 17 nitrogen and oxygen atoms in total. The Labute approximate surface area is 371 Å². The molecule has 3 unspecified atom stereocenters. The number of aliphatic carboxylic acids is 1. The predicted molar refractivity (Wildman–Crippen MR) is 241 cm³/mol. The third-order valence-electron chi connectivity index (χ3n) is 11.3. The zero-order valence-corrected chi connectivity index (χ0v) is 35.6. The Morgan fingerprint density at radius 2 is 1.27 bits per heavy atom. The fraction of sp³-hybridized carbons (Fsp3) is 0.362. The second-order valence-electron chi connectivity index (χ2n) is 16.1. The van der Waals surface area contributed by atoms with Crippen molar-refractivity contribution in [3.05, 3.63) is 120 Å². The van der Waals surface area contributed by atoms with Gasteiger partial charge in [0, 0.05) is 25.8 Å². The molecule has 0 aromatic heterocycles. The van der Waals surface area contributed by atoms with Crippen LogP contribution in [0.15, 0.2) is 108 Å².